The van der Waals surface area contributed by atoms with Crippen molar-refractivity contribution in [2.75, 3.05) is 13.1 Å². The molecule has 104 valence electrons. The topological polar surface area (TPSA) is 72.6 Å². The molecule has 0 aromatic rings. The second-order valence-electron chi connectivity index (χ2n) is 5.92. The highest BCUT2D eigenvalue weighted by molar-refractivity contribution is 5.79. The minimum atomic E-state index is -0.436. The van der Waals surface area contributed by atoms with Crippen molar-refractivity contribution in [3.63, 3.8) is 0 Å². The lowest BCUT2D eigenvalue weighted by Crippen LogP contribution is -2.47. The van der Waals surface area contributed by atoms with Crippen molar-refractivity contribution in [2.24, 2.45) is 11.7 Å². The van der Waals surface area contributed by atoms with Gasteiger partial charge in [-0.1, -0.05) is 0 Å². The van der Waals surface area contributed by atoms with E-state index in [-0.39, 0.29) is 23.8 Å². The van der Waals surface area contributed by atoms with E-state index in [0.717, 1.165) is 12.8 Å². The first-order valence-electron chi connectivity index (χ1n) is 6.47. The van der Waals surface area contributed by atoms with Gasteiger partial charge in [0.25, 0.3) is 0 Å². The number of rotatable bonds is 3. The molecule has 1 rings (SSSR count). The summed E-state index contributed by atoms with van der Waals surface area (Å²) in [4.78, 5) is 25.0. The number of hydrogen-bond donors (Lipinski definition) is 1. The number of carbonyl (C=O) groups excluding carboxylic acids is 2. The molecule has 0 aliphatic carbocycles. The molecule has 1 amide bonds. The molecule has 2 N–H and O–H groups in total. The highest BCUT2D eigenvalue weighted by Crippen LogP contribution is 2.22. The number of nitrogens with two attached hydrogens (primary N) is 1. The summed E-state index contributed by atoms with van der Waals surface area (Å²) < 4.78 is 5.37. The van der Waals surface area contributed by atoms with Crippen LogP contribution in [0.3, 0.4) is 0 Å². The largest absolute Gasteiger partial charge is 0.460 e. The minimum Gasteiger partial charge on any atom is -0.460 e. The van der Waals surface area contributed by atoms with E-state index in [1.165, 1.54) is 0 Å². The highest BCUT2D eigenvalue weighted by Gasteiger charge is 2.31. The number of hydrogen-bond acceptors (Lipinski definition) is 4. The van der Waals surface area contributed by atoms with Gasteiger partial charge < -0.3 is 10.5 Å². The quantitative estimate of drug-likeness (QED) is 0.762. The lowest BCUT2D eigenvalue weighted by atomic mass is 9.95. The second-order valence-corrected chi connectivity index (χ2v) is 5.92. The first-order valence-corrected chi connectivity index (χ1v) is 6.47. The molecule has 0 radical (unpaired) electrons. The summed E-state index contributed by atoms with van der Waals surface area (Å²) in [6, 6.07) is -0.260. The Morgan fingerprint density at radius 3 is 2.17 bits per heavy atom. The third-order valence-electron chi connectivity index (χ3n) is 3.23. The van der Waals surface area contributed by atoms with E-state index in [2.05, 4.69) is 0 Å². The van der Waals surface area contributed by atoms with Crippen LogP contribution in [-0.2, 0) is 14.3 Å². The molecule has 0 bridgehead atoms. The Kier molecular flexibility index (Phi) is 4.73. The fourth-order valence-corrected chi connectivity index (χ4v) is 2.09. The summed E-state index contributed by atoms with van der Waals surface area (Å²) in [6.07, 6.45) is 1.46. The Balaban J connectivity index is 2.44. The van der Waals surface area contributed by atoms with E-state index in [4.69, 9.17) is 10.5 Å². The van der Waals surface area contributed by atoms with Crippen molar-refractivity contribution in [2.45, 2.75) is 52.2 Å². The van der Waals surface area contributed by atoms with Gasteiger partial charge in [-0.2, -0.15) is 0 Å². The van der Waals surface area contributed by atoms with E-state index in [1.54, 1.807) is 6.92 Å². The molecule has 5 heteroatoms. The summed E-state index contributed by atoms with van der Waals surface area (Å²) in [5.74, 6) is -0.500. The van der Waals surface area contributed by atoms with Crippen LogP contribution in [0, 0.1) is 5.92 Å². The van der Waals surface area contributed by atoms with Crippen LogP contribution in [0.4, 0.5) is 0 Å². The first kappa shape index (κ1) is 15.0. The van der Waals surface area contributed by atoms with E-state index in [0.29, 0.717) is 13.1 Å². The van der Waals surface area contributed by atoms with Crippen LogP contribution in [0.1, 0.15) is 40.5 Å². The SMILES string of the molecule is CC(C(N)=O)N1CCC(C(=O)OC(C)(C)C)CC1. The average Bonchev–Trinajstić information content (AvgIpc) is 2.26. The van der Waals surface area contributed by atoms with Gasteiger partial charge in [0.05, 0.1) is 12.0 Å². The molecule has 0 aromatic carbocycles. The normalized spacial score (nSPS) is 20.4. The lowest BCUT2D eigenvalue weighted by Gasteiger charge is -2.34. The fourth-order valence-electron chi connectivity index (χ4n) is 2.09. The number of piperidine rings is 1. The summed E-state index contributed by atoms with van der Waals surface area (Å²) in [5.41, 5.74) is 4.84. The van der Waals surface area contributed by atoms with Gasteiger partial charge in [0.1, 0.15) is 5.60 Å². The monoisotopic (exact) mass is 256 g/mol. The van der Waals surface area contributed by atoms with Crippen LogP contribution < -0.4 is 5.73 Å². The highest BCUT2D eigenvalue weighted by atomic mass is 16.6. The van der Waals surface area contributed by atoms with Crippen molar-refractivity contribution >= 4 is 11.9 Å². The Labute approximate surface area is 109 Å². The van der Waals surface area contributed by atoms with Gasteiger partial charge in [-0.15, -0.1) is 0 Å². The predicted octanol–water partition coefficient (Wildman–Crippen LogP) is 0.914. The zero-order valence-electron chi connectivity index (χ0n) is 11.7. The number of nitrogens with zero attached hydrogens (tertiary/aromatic N) is 1. The summed E-state index contributed by atoms with van der Waals surface area (Å²) >= 11 is 0. The van der Waals surface area contributed by atoms with E-state index in [1.807, 2.05) is 25.7 Å². The smallest absolute Gasteiger partial charge is 0.309 e. The van der Waals surface area contributed by atoms with Gasteiger partial charge in [-0.05, 0) is 53.6 Å². The van der Waals surface area contributed by atoms with Crippen LogP contribution in [0.25, 0.3) is 0 Å². The average molecular weight is 256 g/mol. The van der Waals surface area contributed by atoms with Crippen molar-refractivity contribution < 1.29 is 14.3 Å². The van der Waals surface area contributed by atoms with Crippen molar-refractivity contribution in [1.82, 2.24) is 4.90 Å². The molecule has 1 heterocycles. The number of amides is 1. The maximum absolute atomic E-state index is 11.9. The van der Waals surface area contributed by atoms with Gasteiger partial charge in [0.2, 0.25) is 5.91 Å². The van der Waals surface area contributed by atoms with Crippen LogP contribution >= 0.6 is 0 Å². The first-order chi connectivity index (χ1) is 8.20. The molecule has 0 spiro atoms. The third kappa shape index (κ3) is 4.29. The van der Waals surface area contributed by atoms with Gasteiger partial charge >= 0.3 is 5.97 Å². The molecular weight excluding hydrogens is 232 g/mol. The molecule has 0 aromatic heterocycles. The lowest BCUT2D eigenvalue weighted by molar-refractivity contribution is -0.161. The van der Waals surface area contributed by atoms with Crippen LogP contribution in [-0.4, -0.2) is 41.5 Å². The van der Waals surface area contributed by atoms with Gasteiger partial charge in [0, 0.05) is 0 Å². The van der Waals surface area contributed by atoms with Gasteiger partial charge in [0.15, 0.2) is 0 Å². The van der Waals surface area contributed by atoms with Gasteiger partial charge in [-0.3, -0.25) is 14.5 Å². The maximum atomic E-state index is 11.9. The zero-order valence-corrected chi connectivity index (χ0v) is 11.7. The molecule has 5 nitrogen and oxygen atoms in total. The van der Waals surface area contributed by atoms with Gasteiger partial charge in [-0.25, -0.2) is 0 Å². The molecule has 1 aliphatic rings. The minimum absolute atomic E-state index is 0.0550. The molecule has 18 heavy (non-hydrogen) atoms. The molecule has 1 fully saturated rings. The number of ether oxygens (including phenoxy) is 1. The van der Waals surface area contributed by atoms with Crippen LogP contribution in [0.15, 0.2) is 0 Å². The molecule has 1 saturated heterocycles. The fraction of sp³-hybridized carbons (Fsp3) is 0.846. The molecule has 1 atom stereocenters. The van der Waals surface area contributed by atoms with E-state index >= 15 is 0 Å². The number of carbonyl (C=O) groups is 2. The zero-order chi connectivity index (χ0) is 13.9. The van der Waals surface area contributed by atoms with Crippen LogP contribution in [0.2, 0.25) is 0 Å². The summed E-state index contributed by atoms with van der Waals surface area (Å²) in [5, 5.41) is 0. The second kappa shape index (κ2) is 5.69. The molecule has 0 saturated carbocycles. The molecule has 1 unspecified atom stereocenters. The van der Waals surface area contributed by atoms with E-state index < -0.39 is 5.60 Å². The Bertz CT molecular complexity index is 315. The standard InChI is InChI=1S/C13H24N2O3/c1-9(11(14)16)15-7-5-10(6-8-15)12(17)18-13(2,3)4/h9-10H,5-8H2,1-4H3,(H2,14,16). The van der Waals surface area contributed by atoms with Crippen molar-refractivity contribution in [3.8, 4) is 0 Å². The van der Waals surface area contributed by atoms with Crippen molar-refractivity contribution in [1.29, 1.82) is 0 Å². The summed E-state index contributed by atoms with van der Waals surface area (Å²) in [7, 11) is 0. The number of esters is 1. The maximum Gasteiger partial charge on any atom is 0.309 e. The predicted molar refractivity (Wildman–Crippen MR) is 68.8 cm³/mol. The summed E-state index contributed by atoms with van der Waals surface area (Å²) in [6.45, 7) is 8.84. The molecule has 1 aliphatic heterocycles. The molecular formula is C13H24N2O3. The van der Waals surface area contributed by atoms with E-state index in [9.17, 15) is 9.59 Å². The van der Waals surface area contributed by atoms with Crippen molar-refractivity contribution in [3.05, 3.63) is 0 Å². The van der Waals surface area contributed by atoms with Crippen LogP contribution in [0.5, 0.6) is 0 Å². The Morgan fingerprint density at radius 2 is 1.78 bits per heavy atom. The number of likely N-dealkylation sites (tertiary alicyclic amines) is 1. The Hall–Kier alpha value is -1.10. The third-order valence-corrected chi connectivity index (χ3v) is 3.23. The number of primary amides is 1. The Morgan fingerprint density at radius 1 is 1.28 bits per heavy atom.